The molecule has 0 spiro atoms. The second-order valence-corrected chi connectivity index (χ2v) is 3.81. The first-order valence-corrected chi connectivity index (χ1v) is 5.05. The Morgan fingerprint density at radius 1 is 1.43 bits per heavy atom. The van der Waals surface area contributed by atoms with Crippen molar-refractivity contribution < 1.29 is 0 Å². The highest BCUT2D eigenvalue weighted by atomic mass is 15.2. The van der Waals surface area contributed by atoms with E-state index in [9.17, 15) is 0 Å². The van der Waals surface area contributed by atoms with Crippen LogP contribution < -0.4 is 10.6 Å². The molecule has 0 aromatic carbocycles. The van der Waals surface area contributed by atoms with Gasteiger partial charge in [-0.2, -0.15) is 0 Å². The van der Waals surface area contributed by atoms with Gasteiger partial charge in [0.25, 0.3) is 0 Å². The van der Waals surface area contributed by atoms with Crippen LogP contribution in [0.5, 0.6) is 0 Å². The second-order valence-electron chi connectivity index (χ2n) is 3.81. The van der Waals surface area contributed by atoms with E-state index < -0.39 is 0 Å². The standard InChI is InChI=1S/C10H16N4/c1-8-10(13-5-4-12-8)14-6-2-3-9(11)7-14/h4-5,9H,2-3,6-7,11H2,1H3. The summed E-state index contributed by atoms with van der Waals surface area (Å²) < 4.78 is 0. The molecule has 1 fully saturated rings. The van der Waals surface area contributed by atoms with Crippen LogP contribution in [0, 0.1) is 6.92 Å². The lowest BCUT2D eigenvalue weighted by Crippen LogP contribution is -2.43. The van der Waals surface area contributed by atoms with Crippen molar-refractivity contribution in [2.45, 2.75) is 25.8 Å². The van der Waals surface area contributed by atoms with Crippen molar-refractivity contribution in [3.05, 3.63) is 18.1 Å². The molecule has 1 atom stereocenters. The number of anilines is 1. The lowest BCUT2D eigenvalue weighted by Gasteiger charge is -2.32. The molecule has 0 amide bonds. The SMILES string of the molecule is Cc1nccnc1N1CCCC(N)C1. The number of hydrogen-bond acceptors (Lipinski definition) is 4. The summed E-state index contributed by atoms with van der Waals surface area (Å²) in [4.78, 5) is 10.8. The van der Waals surface area contributed by atoms with Gasteiger partial charge in [-0.05, 0) is 19.8 Å². The van der Waals surface area contributed by atoms with E-state index in [4.69, 9.17) is 5.73 Å². The molecule has 14 heavy (non-hydrogen) atoms. The zero-order valence-corrected chi connectivity index (χ0v) is 8.48. The Hall–Kier alpha value is -1.16. The van der Waals surface area contributed by atoms with Crippen LogP contribution in [0.3, 0.4) is 0 Å². The smallest absolute Gasteiger partial charge is 0.150 e. The number of piperidine rings is 1. The lowest BCUT2D eigenvalue weighted by atomic mass is 10.1. The van der Waals surface area contributed by atoms with Crippen LogP contribution in [0.2, 0.25) is 0 Å². The maximum atomic E-state index is 5.92. The third kappa shape index (κ3) is 1.85. The van der Waals surface area contributed by atoms with Gasteiger partial charge in [0.2, 0.25) is 0 Å². The van der Waals surface area contributed by atoms with Crippen LogP contribution in [0.4, 0.5) is 5.82 Å². The quantitative estimate of drug-likeness (QED) is 0.712. The van der Waals surface area contributed by atoms with Gasteiger partial charge in [0.05, 0.1) is 5.69 Å². The van der Waals surface area contributed by atoms with E-state index in [-0.39, 0.29) is 6.04 Å². The number of aryl methyl sites for hydroxylation is 1. The van der Waals surface area contributed by atoms with Gasteiger partial charge in [-0.15, -0.1) is 0 Å². The summed E-state index contributed by atoms with van der Waals surface area (Å²) in [5.74, 6) is 0.989. The average Bonchev–Trinajstić information content (AvgIpc) is 2.18. The molecule has 1 aromatic heterocycles. The molecule has 1 aliphatic rings. The van der Waals surface area contributed by atoms with E-state index in [0.717, 1.165) is 37.4 Å². The number of nitrogens with two attached hydrogens (primary N) is 1. The Labute approximate surface area is 84.2 Å². The Kier molecular flexibility index (Phi) is 2.63. The van der Waals surface area contributed by atoms with Crippen molar-refractivity contribution in [3.63, 3.8) is 0 Å². The predicted octanol–water partition coefficient (Wildman–Crippen LogP) is 0.713. The second kappa shape index (κ2) is 3.92. The molecule has 76 valence electrons. The fourth-order valence-electron chi connectivity index (χ4n) is 1.91. The molecule has 0 bridgehead atoms. The molecule has 2 rings (SSSR count). The van der Waals surface area contributed by atoms with E-state index in [1.165, 1.54) is 0 Å². The fourth-order valence-corrected chi connectivity index (χ4v) is 1.91. The molecule has 2 heterocycles. The van der Waals surface area contributed by atoms with Crippen LogP contribution >= 0.6 is 0 Å². The number of rotatable bonds is 1. The molecule has 0 aliphatic carbocycles. The summed E-state index contributed by atoms with van der Waals surface area (Å²) in [5, 5.41) is 0. The van der Waals surface area contributed by atoms with Crippen LogP contribution in [0.1, 0.15) is 18.5 Å². The lowest BCUT2D eigenvalue weighted by molar-refractivity contribution is 0.502. The third-order valence-corrected chi connectivity index (χ3v) is 2.61. The minimum atomic E-state index is 0.283. The van der Waals surface area contributed by atoms with Crippen LogP contribution in [0.25, 0.3) is 0 Å². The summed E-state index contributed by atoms with van der Waals surface area (Å²) in [6.45, 7) is 3.94. The van der Waals surface area contributed by atoms with Crippen LogP contribution in [-0.2, 0) is 0 Å². The first-order valence-electron chi connectivity index (χ1n) is 5.05. The third-order valence-electron chi connectivity index (χ3n) is 2.61. The molecule has 0 saturated carbocycles. The zero-order valence-electron chi connectivity index (χ0n) is 8.48. The minimum Gasteiger partial charge on any atom is -0.354 e. The van der Waals surface area contributed by atoms with Crippen molar-refractivity contribution >= 4 is 5.82 Å². The van der Waals surface area contributed by atoms with E-state index in [0.29, 0.717) is 0 Å². The molecule has 1 unspecified atom stereocenters. The van der Waals surface area contributed by atoms with Gasteiger partial charge in [0.15, 0.2) is 0 Å². The van der Waals surface area contributed by atoms with E-state index in [1.54, 1.807) is 12.4 Å². The first-order chi connectivity index (χ1) is 6.77. The highest BCUT2D eigenvalue weighted by Gasteiger charge is 2.19. The largest absolute Gasteiger partial charge is 0.354 e. The summed E-state index contributed by atoms with van der Waals surface area (Å²) in [6.07, 6.45) is 5.73. The van der Waals surface area contributed by atoms with Gasteiger partial charge in [0.1, 0.15) is 5.82 Å². The summed E-state index contributed by atoms with van der Waals surface area (Å²) >= 11 is 0. The first kappa shape index (κ1) is 9.40. The monoisotopic (exact) mass is 192 g/mol. The molecular weight excluding hydrogens is 176 g/mol. The summed E-state index contributed by atoms with van der Waals surface area (Å²) in [5.41, 5.74) is 6.91. The molecular formula is C10H16N4. The van der Waals surface area contributed by atoms with Crippen molar-refractivity contribution in [2.75, 3.05) is 18.0 Å². The van der Waals surface area contributed by atoms with Crippen molar-refractivity contribution in [1.29, 1.82) is 0 Å². The van der Waals surface area contributed by atoms with Crippen molar-refractivity contribution in [1.82, 2.24) is 9.97 Å². The fraction of sp³-hybridized carbons (Fsp3) is 0.600. The van der Waals surface area contributed by atoms with Gasteiger partial charge in [-0.3, -0.25) is 4.98 Å². The van der Waals surface area contributed by atoms with Crippen molar-refractivity contribution in [2.24, 2.45) is 5.73 Å². The van der Waals surface area contributed by atoms with Crippen LogP contribution in [-0.4, -0.2) is 29.1 Å². The van der Waals surface area contributed by atoms with Gasteiger partial charge in [0, 0.05) is 31.5 Å². The summed E-state index contributed by atoms with van der Waals surface area (Å²) in [6, 6.07) is 0.283. The molecule has 2 N–H and O–H groups in total. The number of aromatic nitrogens is 2. The van der Waals surface area contributed by atoms with Crippen molar-refractivity contribution in [3.8, 4) is 0 Å². The Bertz CT molecular complexity index is 313. The van der Waals surface area contributed by atoms with Gasteiger partial charge in [-0.1, -0.05) is 0 Å². The highest BCUT2D eigenvalue weighted by molar-refractivity contribution is 5.42. The summed E-state index contributed by atoms with van der Waals surface area (Å²) in [7, 11) is 0. The Morgan fingerprint density at radius 2 is 2.21 bits per heavy atom. The Balaban J connectivity index is 2.18. The Morgan fingerprint density at radius 3 is 2.93 bits per heavy atom. The molecule has 4 heteroatoms. The number of nitrogens with zero attached hydrogens (tertiary/aromatic N) is 3. The zero-order chi connectivity index (χ0) is 9.97. The molecule has 1 saturated heterocycles. The van der Waals surface area contributed by atoms with Gasteiger partial charge < -0.3 is 10.6 Å². The molecule has 1 aliphatic heterocycles. The number of hydrogen-bond donors (Lipinski definition) is 1. The van der Waals surface area contributed by atoms with Gasteiger partial charge in [-0.25, -0.2) is 4.98 Å². The molecule has 4 nitrogen and oxygen atoms in total. The molecule has 1 aromatic rings. The van der Waals surface area contributed by atoms with Crippen LogP contribution in [0.15, 0.2) is 12.4 Å². The highest BCUT2D eigenvalue weighted by Crippen LogP contribution is 2.18. The predicted molar refractivity (Wildman–Crippen MR) is 56.2 cm³/mol. The minimum absolute atomic E-state index is 0.283. The maximum Gasteiger partial charge on any atom is 0.150 e. The van der Waals surface area contributed by atoms with E-state index in [2.05, 4.69) is 14.9 Å². The maximum absolute atomic E-state index is 5.92. The van der Waals surface area contributed by atoms with E-state index in [1.807, 2.05) is 6.92 Å². The van der Waals surface area contributed by atoms with Gasteiger partial charge >= 0.3 is 0 Å². The normalized spacial score (nSPS) is 22.4. The van der Waals surface area contributed by atoms with E-state index >= 15 is 0 Å². The topological polar surface area (TPSA) is 55.0 Å². The molecule has 0 radical (unpaired) electrons. The average molecular weight is 192 g/mol.